The van der Waals surface area contributed by atoms with E-state index in [-0.39, 0.29) is 5.60 Å². The number of rotatable bonds is 6. The maximum atomic E-state index is 6.20. The third-order valence-electron chi connectivity index (χ3n) is 5.58. The van der Waals surface area contributed by atoms with Crippen LogP contribution in [0.2, 0.25) is 0 Å². The van der Waals surface area contributed by atoms with Crippen LogP contribution in [0.4, 0.5) is 0 Å². The number of hydrogen-bond donors (Lipinski definition) is 1. The lowest BCUT2D eigenvalue weighted by atomic mass is 9.76. The maximum Gasteiger partial charge on any atom is 0.0758 e. The van der Waals surface area contributed by atoms with Crippen LogP contribution in [0.5, 0.6) is 0 Å². The van der Waals surface area contributed by atoms with Crippen LogP contribution in [0.15, 0.2) is 0 Å². The molecule has 3 rings (SSSR count). The summed E-state index contributed by atoms with van der Waals surface area (Å²) >= 11 is 0. The van der Waals surface area contributed by atoms with Crippen LogP contribution < -0.4 is 5.32 Å². The van der Waals surface area contributed by atoms with Gasteiger partial charge < -0.3 is 19.5 Å². The van der Waals surface area contributed by atoms with Crippen molar-refractivity contribution in [1.82, 2.24) is 5.32 Å². The predicted molar refractivity (Wildman–Crippen MR) is 82.4 cm³/mol. The molecule has 21 heavy (non-hydrogen) atoms. The fourth-order valence-electron chi connectivity index (χ4n) is 4.28. The maximum absolute atomic E-state index is 6.20. The predicted octanol–water partition coefficient (Wildman–Crippen LogP) is 2.37. The number of ether oxygens (including phenoxy) is 3. The zero-order valence-electron chi connectivity index (χ0n) is 13.6. The van der Waals surface area contributed by atoms with Gasteiger partial charge in [-0.05, 0) is 64.3 Å². The second-order valence-electron chi connectivity index (χ2n) is 6.97. The zero-order chi connectivity index (χ0) is 14.7. The fourth-order valence-corrected chi connectivity index (χ4v) is 4.28. The third kappa shape index (κ3) is 3.61. The summed E-state index contributed by atoms with van der Waals surface area (Å²) in [4.78, 5) is 0. The van der Waals surface area contributed by atoms with Gasteiger partial charge in [0.1, 0.15) is 0 Å². The summed E-state index contributed by atoms with van der Waals surface area (Å²) in [6, 6.07) is 0.473. The molecule has 3 atom stereocenters. The second-order valence-corrected chi connectivity index (χ2v) is 6.97. The molecule has 1 saturated carbocycles. The molecule has 3 unspecified atom stereocenters. The van der Waals surface area contributed by atoms with Gasteiger partial charge >= 0.3 is 0 Å². The molecule has 122 valence electrons. The van der Waals surface area contributed by atoms with E-state index in [9.17, 15) is 0 Å². The monoisotopic (exact) mass is 297 g/mol. The summed E-state index contributed by atoms with van der Waals surface area (Å²) in [5.74, 6) is 1.44. The Morgan fingerprint density at radius 3 is 2.52 bits per heavy atom. The topological polar surface area (TPSA) is 39.7 Å². The minimum Gasteiger partial charge on any atom is -0.381 e. The lowest BCUT2D eigenvalue weighted by Gasteiger charge is -2.46. The van der Waals surface area contributed by atoms with Gasteiger partial charge in [0.2, 0.25) is 0 Å². The number of likely N-dealkylation sites (N-methyl/N-ethyl adjacent to an activating group) is 1. The highest BCUT2D eigenvalue weighted by Crippen LogP contribution is 2.43. The molecule has 2 heterocycles. The first-order valence-electron chi connectivity index (χ1n) is 8.78. The molecular formula is C17H31NO3. The average Bonchev–Trinajstić information content (AvgIpc) is 3.33. The smallest absolute Gasteiger partial charge is 0.0758 e. The Morgan fingerprint density at radius 2 is 1.90 bits per heavy atom. The highest BCUT2D eigenvalue weighted by Gasteiger charge is 2.45. The van der Waals surface area contributed by atoms with Crippen LogP contribution in [0.25, 0.3) is 0 Å². The fraction of sp³-hybridized carbons (Fsp3) is 1.00. The van der Waals surface area contributed by atoms with Gasteiger partial charge in [0, 0.05) is 32.5 Å². The van der Waals surface area contributed by atoms with E-state index in [0.29, 0.717) is 18.1 Å². The number of hydrogen-bond acceptors (Lipinski definition) is 4. The molecule has 4 nitrogen and oxygen atoms in total. The van der Waals surface area contributed by atoms with Gasteiger partial charge in [0.15, 0.2) is 0 Å². The van der Waals surface area contributed by atoms with Gasteiger partial charge in [-0.2, -0.15) is 0 Å². The summed E-state index contributed by atoms with van der Waals surface area (Å²) in [5, 5.41) is 3.59. The molecule has 2 aliphatic heterocycles. The van der Waals surface area contributed by atoms with E-state index in [0.717, 1.165) is 58.0 Å². The number of nitrogens with one attached hydrogen (secondary N) is 1. The summed E-state index contributed by atoms with van der Waals surface area (Å²) < 4.78 is 17.9. The summed E-state index contributed by atoms with van der Waals surface area (Å²) in [5.41, 5.74) is 0.0799. The van der Waals surface area contributed by atoms with Crippen molar-refractivity contribution in [2.24, 2.45) is 11.8 Å². The van der Waals surface area contributed by atoms with Crippen molar-refractivity contribution >= 4 is 0 Å². The molecule has 0 aromatic rings. The first-order valence-corrected chi connectivity index (χ1v) is 8.78. The molecule has 1 spiro atoms. The van der Waals surface area contributed by atoms with E-state index < -0.39 is 0 Å². The lowest BCUT2D eigenvalue weighted by Crippen LogP contribution is -2.53. The SMILES string of the molecule is CCOC(C1CC1)C(NC)C1CCOC2(CCOCC2)C1. The van der Waals surface area contributed by atoms with Gasteiger partial charge in [0.25, 0.3) is 0 Å². The lowest BCUT2D eigenvalue weighted by molar-refractivity contribution is -0.155. The highest BCUT2D eigenvalue weighted by molar-refractivity contribution is 4.98. The van der Waals surface area contributed by atoms with Crippen LogP contribution >= 0.6 is 0 Å². The molecule has 0 bridgehead atoms. The molecule has 3 fully saturated rings. The largest absolute Gasteiger partial charge is 0.381 e. The van der Waals surface area contributed by atoms with Crippen LogP contribution in [-0.2, 0) is 14.2 Å². The van der Waals surface area contributed by atoms with E-state index in [1.54, 1.807) is 0 Å². The van der Waals surface area contributed by atoms with Crippen molar-refractivity contribution in [3.63, 3.8) is 0 Å². The van der Waals surface area contributed by atoms with E-state index in [4.69, 9.17) is 14.2 Å². The van der Waals surface area contributed by atoms with Gasteiger partial charge in [-0.3, -0.25) is 0 Å². The zero-order valence-corrected chi connectivity index (χ0v) is 13.6. The summed E-state index contributed by atoms with van der Waals surface area (Å²) in [6.45, 7) is 5.54. The van der Waals surface area contributed by atoms with E-state index >= 15 is 0 Å². The van der Waals surface area contributed by atoms with Crippen LogP contribution in [0.1, 0.15) is 45.4 Å². The minimum absolute atomic E-state index is 0.0799. The first kappa shape index (κ1) is 15.7. The average molecular weight is 297 g/mol. The molecule has 0 aromatic carbocycles. The van der Waals surface area contributed by atoms with Gasteiger partial charge in [-0.15, -0.1) is 0 Å². The standard InChI is InChI=1S/C17H31NO3/c1-3-20-16(13-4-5-13)15(18-2)14-6-9-21-17(12-14)7-10-19-11-8-17/h13-16,18H,3-12H2,1-2H3. The van der Waals surface area contributed by atoms with Crippen LogP contribution in [0.3, 0.4) is 0 Å². The van der Waals surface area contributed by atoms with Gasteiger partial charge in [-0.25, -0.2) is 0 Å². The van der Waals surface area contributed by atoms with Crippen LogP contribution in [0, 0.1) is 11.8 Å². The Labute approximate surface area is 128 Å². The van der Waals surface area contributed by atoms with Crippen molar-refractivity contribution in [1.29, 1.82) is 0 Å². The first-order chi connectivity index (χ1) is 10.3. The molecule has 4 heteroatoms. The highest BCUT2D eigenvalue weighted by atomic mass is 16.5. The van der Waals surface area contributed by atoms with Crippen molar-refractivity contribution < 1.29 is 14.2 Å². The van der Waals surface area contributed by atoms with Gasteiger partial charge in [0.05, 0.1) is 11.7 Å². The van der Waals surface area contributed by atoms with Gasteiger partial charge in [-0.1, -0.05) is 0 Å². The Balaban J connectivity index is 1.67. The van der Waals surface area contributed by atoms with Crippen LogP contribution in [-0.4, -0.2) is 51.2 Å². The second kappa shape index (κ2) is 6.95. The Kier molecular flexibility index (Phi) is 5.20. The molecule has 1 N–H and O–H groups in total. The molecule has 0 radical (unpaired) electrons. The molecule has 2 saturated heterocycles. The van der Waals surface area contributed by atoms with E-state index in [1.807, 2.05) is 0 Å². The third-order valence-corrected chi connectivity index (χ3v) is 5.58. The Bertz CT molecular complexity index is 320. The quantitative estimate of drug-likeness (QED) is 0.817. The molecular weight excluding hydrogens is 266 g/mol. The Morgan fingerprint density at radius 1 is 1.14 bits per heavy atom. The van der Waals surface area contributed by atoms with E-state index in [1.165, 1.54) is 12.8 Å². The molecule has 0 aromatic heterocycles. The van der Waals surface area contributed by atoms with Crippen molar-refractivity contribution in [3.8, 4) is 0 Å². The Hall–Kier alpha value is -0.160. The van der Waals surface area contributed by atoms with E-state index in [2.05, 4.69) is 19.3 Å². The molecule has 3 aliphatic rings. The minimum atomic E-state index is 0.0799. The summed E-state index contributed by atoms with van der Waals surface area (Å²) in [7, 11) is 2.10. The molecule has 1 aliphatic carbocycles. The van der Waals surface area contributed by atoms with Crippen molar-refractivity contribution in [2.45, 2.75) is 63.2 Å². The molecule has 0 amide bonds. The van der Waals surface area contributed by atoms with Crippen molar-refractivity contribution in [3.05, 3.63) is 0 Å². The normalized spacial score (nSPS) is 32.0. The van der Waals surface area contributed by atoms with Crippen molar-refractivity contribution in [2.75, 3.05) is 33.5 Å². The summed E-state index contributed by atoms with van der Waals surface area (Å²) in [6.07, 6.45) is 7.50.